The quantitative estimate of drug-likeness (QED) is 0.760. The van der Waals surface area contributed by atoms with E-state index >= 15 is 0 Å². The van der Waals surface area contributed by atoms with Gasteiger partial charge in [0.05, 0.1) is 0 Å². The van der Waals surface area contributed by atoms with Gasteiger partial charge in [0.25, 0.3) is 0 Å². The summed E-state index contributed by atoms with van der Waals surface area (Å²) < 4.78 is 0. The van der Waals surface area contributed by atoms with Crippen LogP contribution in [0.1, 0.15) is 57.8 Å². The number of aliphatic carboxylic acids is 1. The van der Waals surface area contributed by atoms with E-state index in [2.05, 4.69) is 0 Å². The highest BCUT2D eigenvalue weighted by molar-refractivity contribution is 6.01. The lowest BCUT2D eigenvalue weighted by Crippen LogP contribution is -2.59. The molecule has 0 unspecified atom stereocenters. The summed E-state index contributed by atoms with van der Waals surface area (Å²) in [6.07, 6.45) is 5.26. The van der Waals surface area contributed by atoms with Crippen LogP contribution in [0.15, 0.2) is 0 Å². The van der Waals surface area contributed by atoms with E-state index in [0.29, 0.717) is 38.5 Å². The van der Waals surface area contributed by atoms with Gasteiger partial charge in [0, 0.05) is 12.8 Å². The molecule has 1 heterocycles. The van der Waals surface area contributed by atoms with E-state index in [1.54, 1.807) is 0 Å². The molecule has 0 atom stereocenters. The molecular formula is C13H19NO4. The number of carbonyl (C=O) groups excluding carboxylic acids is 2. The molecule has 5 nitrogen and oxygen atoms in total. The molecule has 2 fully saturated rings. The Morgan fingerprint density at radius 3 is 1.89 bits per heavy atom. The lowest BCUT2D eigenvalue weighted by atomic mass is 9.80. The molecule has 2 aliphatic rings. The molecule has 0 aromatic heterocycles. The van der Waals surface area contributed by atoms with E-state index in [9.17, 15) is 19.5 Å². The first-order chi connectivity index (χ1) is 8.58. The normalized spacial score (nSPS) is 24.8. The SMILES string of the molecule is O=C1CCCCC(=O)N1C1(C(=O)O)CCCCC1. The van der Waals surface area contributed by atoms with E-state index in [-0.39, 0.29) is 11.8 Å². The van der Waals surface area contributed by atoms with Crippen molar-refractivity contribution in [3.63, 3.8) is 0 Å². The van der Waals surface area contributed by atoms with Crippen LogP contribution in [-0.4, -0.2) is 33.3 Å². The minimum absolute atomic E-state index is 0.292. The number of carbonyl (C=O) groups is 3. The maximum Gasteiger partial charge on any atom is 0.330 e. The number of amides is 2. The third-order valence-electron chi connectivity index (χ3n) is 4.04. The van der Waals surface area contributed by atoms with Crippen LogP contribution in [-0.2, 0) is 14.4 Å². The van der Waals surface area contributed by atoms with Crippen molar-refractivity contribution in [2.45, 2.75) is 63.3 Å². The van der Waals surface area contributed by atoms with Crippen LogP contribution in [0.3, 0.4) is 0 Å². The van der Waals surface area contributed by atoms with E-state index in [0.717, 1.165) is 24.2 Å². The first-order valence-electron chi connectivity index (χ1n) is 6.67. The summed E-state index contributed by atoms with van der Waals surface area (Å²) in [4.78, 5) is 36.9. The molecule has 1 saturated heterocycles. The van der Waals surface area contributed by atoms with Gasteiger partial charge < -0.3 is 5.11 Å². The molecule has 1 N–H and O–H groups in total. The second-order valence-corrected chi connectivity index (χ2v) is 5.23. The van der Waals surface area contributed by atoms with E-state index in [4.69, 9.17) is 0 Å². The number of carboxylic acid groups (broad SMARTS) is 1. The Bertz CT molecular complexity index is 353. The molecule has 1 aliphatic carbocycles. The molecule has 2 amide bonds. The van der Waals surface area contributed by atoms with Gasteiger partial charge in [-0.25, -0.2) is 4.79 Å². The van der Waals surface area contributed by atoms with Crippen LogP contribution in [0.5, 0.6) is 0 Å². The van der Waals surface area contributed by atoms with Crippen LogP contribution in [0, 0.1) is 0 Å². The average Bonchev–Trinajstić information content (AvgIpc) is 2.51. The fraction of sp³-hybridized carbons (Fsp3) is 0.769. The highest BCUT2D eigenvalue weighted by Crippen LogP contribution is 2.36. The minimum Gasteiger partial charge on any atom is -0.479 e. The van der Waals surface area contributed by atoms with Gasteiger partial charge in [-0.15, -0.1) is 0 Å². The number of carboxylic acids is 1. The number of rotatable bonds is 2. The van der Waals surface area contributed by atoms with E-state index < -0.39 is 11.5 Å². The Morgan fingerprint density at radius 2 is 1.44 bits per heavy atom. The van der Waals surface area contributed by atoms with Crippen molar-refractivity contribution in [1.82, 2.24) is 4.90 Å². The number of hydrogen-bond acceptors (Lipinski definition) is 3. The molecule has 5 heteroatoms. The summed E-state index contributed by atoms with van der Waals surface area (Å²) in [7, 11) is 0. The van der Waals surface area contributed by atoms with Crippen molar-refractivity contribution in [3.8, 4) is 0 Å². The fourth-order valence-corrected chi connectivity index (χ4v) is 3.06. The molecule has 1 saturated carbocycles. The second-order valence-electron chi connectivity index (χ2n) is 5.23. The molecule has 2 rings (SSSR count). The third-order valence-corrected chi connectivity index (χ3v) is 4.04. The average molecular weight is 253 g/mol. The van der Waals surface area contributed by atoms with Crippen LogP contribution >= 0.6 is 0 Å². The van der Waals surface area contributed by atoms with Crippen LogP contribution in [0.2, 0.25) is 0 Å². The van der Waals surface area contributed by atoms with Crippen molar-refractivity contribution < 1.29 is 19.5 Å². The standard InChI is InChI=1S/C13H19NO4/c15-10-6-2-3-7-11(16)14(10)13(12(17)18)8-4-1-5-9-13/h1-9H2,(H,17,18). The summed E-state index contributed by atoms with van der Waals surface area (Å²) >= 11 is 0. The van der Waals surface area contributed by atoms with Gasteiger partial charge >= 0.3 is 5.97 Å². The Balaban J connectivity index is 2.35. The second kappa shape index (κ2) is 5.08. The van der Waals surface area contributed by atoms with E-state index in [1.165, 1.54) is 0 Å². The Labute approximate surface area is 106 Å². The smallest absolute Gasteiger partial charge is 0.330 e. The largest absolute Gasteiger partial charge is 0.479 e. The maximum atomic E-state index is 12.1. The molecule has 0 aromatic carbocycles. The van der Waals surface area contributed by atoms with Crippen molar-refractivity contribution in [2.75, 3.05) is 0 Å². The summed E-state index contributed by atoms with van der Waals surface area (Å²) in [5.74, 6) is -1.63. The lowest BCUT2D eigenvalue weighted by Gasteiger charge is -2.41. The lowest BCUT2D eigenvalue weighted by molar-refractivity contribution is -0.168. The molecule has 1 aliphatic heterocycles. The Hall–Kier alpha value is -1.39. The number of nitrogens with zero attached hydrogens (tertiary/aromatic N) is 1. The zero-order valence-electron chi connectivity index (χ0n) is 10.5. The Morgan fingerprint density at radius 1 is 0.944 bits per heavy atom. The molecule has 0 bridgehead atoms. The van der Waals surface area contributed by atoms with Gasteiger partial charge in [-0.3, -0.25) is 14.5 Å². The van der Waals surface area contributed by atoms with Gasteiger partial charge in [0.2, 0.25) is 11.8 Å². The highest BCUT2D eigenvalue weighted by atomic mass is 16.4. The first kappa shape index (κ1) is 13.1. The molecule has 0 radical (unpaired) electrons. The number of imide groups is 1. The van der Waals surface area contributed by atoms with Crippen molar-refractivity contribution in [1.29, 1.82) is 0 Å². The third kappa shape index (κ3) is 2.13. The zero-order valence-corrected chi connectivity index (χ0v) is 10.5. The molecular weight excluding hydrogens is 234 g/mol. The molecule has 0 spiro atoms. The van der Waals surface area contributed by atoms with Gasteiger partial charge in [-0.1, -0.05) is 19.3 Å². The molecule has 18 heavy (non-hydrogen) atoms. The van der Waals surface area contributed by atoms with Gasteiger partial charge in [0.15, 0.2) is 0 Å². The predicted octanol–water partition coefficient (Wildman–Crippen LogP) is 1.70. The van der Waals surface area contributed by atoms with Crippen molar-refractivity contribution >= 4 is 17.8 Å². The van der Waals surface area contributed by atoms with Crippen LogP contribution in [0.4, 0.5) is 0 Å². The number of hydrogen-bond donors (Lipinski definition) is 1. The van der Waals surface area contributed by atoms with Gasteiger partial charge in [0.1, 0.15) is 5.54 Å². The summed E-state index contributed by atoms with van der Waals surface area (Å²) in [6, 6.07) is 0. The van der Waals surface area contributed by atoms with Gasteiger partial charge in [-0.05, 0) is 25.7 Å². The highest BCUT2D eigenvalue weighted by Gasteiger charge is 2.50. The van der Waals surface area contributed by atoms with Crippen molar-refractivity contribution in [3.05, 3.63) is 0 Å². The number of likely N-dealkylation sites (tertiary alicyclic amines) is 1. The summed E-state index contributed by atoms with van der Waals surface area (Å²) in [5.41, 5.74) is -1.27. The molecule has 100 valence electrons. The minimum atomic E-state index is -1.27. The monoisotopic (exact) mass is 253 g/mol. The predicted molar refractivity (Wildman–Crippen MR) is 63.8 cm³/mol. The first-order valence-corrected chi connectivity index (χ1v) is 6.67. The summed E-state index contributed by atoms with van der Waals surface area (Å²) in [6.45, 7) is 0. The van der Waals surface area contributed by atoms with Gasteiger partial charge in [-0.2, -0.15) is 0 Å². The van der Waals surface area contributed by atoms with Crippen LogP contribution < -0.4 is 0 Å². The maximum absolute atomic E-state index is 12.1. The van der Waals surface area contributed by atoms with Crippen molar-refractivity contribution in [2.24, 2.45) is 0 Å². The van der Waals surface area contributed by atoms with E-state index in [1.807, 2.05) is 0 Å². The summed E-state index contributed by atoms with van der Waals surface area (Å²) in [5, 5.41) is 9.52. The Kier molecular flexibility index (Phi) is 3.68. The topological polar surface area (TPSA) is 74.7 Å². The fourth-order valence-electron chi connectivity index (χ4n) is 3.06. The van der Waals surface area contributed by atoms with Crippen LogP contribution in [0.25, 0.3) is 0 Å². The zero-order chi connectivity index (χ0) is 13.2. The molecule has 0 aromatic rings.